The Balaban J connectivity index is 2.42. The highest BCUT2D eigenvalue weighted by Gasteiger charge is 2.28. The van der Waals surface area contributed by atoms with Crippen LogP contribution in [0.4, 0.5) is 5.69 Å². The molecule has 1 atom stereocenters. The van der Waals surface area contributed by atoms with E-state index in [4.69, 9.17) is 11.6 Å². The van der Waals surface area contributed by atoms with E-state index in [2.05, 4.69) is 5.32 Å². The van der Waals surface area contributed by atoms with Crippen molar-refractivity contribution in [2.75, 3.05) is 10.8 Å². The molecule has 0 saturated carbocycles. The van der Waals surface area contributed by atoms with Crippen LogP contribution in [0.25, 0.3) is 0 Å². The van der Waals surface area contributed by atoms with Gasteiger partial charge in [0.2, 0.25) is 5.91 Å². The Morgan fingerprint density at radius 1 is 1.19 bits per heavy atom. The van der Waals surface area contributed by atoms with E-state index in [-0.39, 0.29) is 23.4 Å². The van der Waals surface area contributed by atoms with Crippen molar-refractivity contribution < 1.29 is 13.2 Å². The molecule has 0 unspecified atom stereocenters. The number of rotatable bonds is 8. The summed E-state index contributed by atoms with van der Waals surface area (Å²) in [7, 11) is -3.90. The summed E-state index contributed by atoms with van der Waals surface area (Å²) in [5, 5.41) is 3.37. The second-order valence-corrected chi connectivity index (χ2v) is 8.81. The fourth-order valence-electron chi connectivity index (χ4n) is 2.87. The molecule has 2 aromatic rings. The van der Waals surface area contributed by atoms with Gasteiger partial charge in [-0.2, -0.15) is 0 Å². The van der Waals surface area contributed by atoms with Gasteiger partial charge in [-0.15, -0.1) is 0 Å². The Labute approximate surface area is 166 Å². The van der Waals surface area contributed by atoms with Crippen LogP contribution in [0.5, 0.6) is 0 Å². The van der Waals surface area contributed by atoms with Gasteiger partial charge in [0.05, 0.1) is 10.6 Å². The minimum absolute atomic E-state index is 0.0184. The molecule has 0 radical (unpaired) electrons. The summed E-state index contributed by atoms with van der Waals surface area (Å²) in [6.45, 7) is 5.41. The van der Waals surface area contributed by atoms with Crippen LogP contribution in [0, 0.1) is 6.92 Å². The number of hydrogen-bond donors (Lipinski definition) is 1. The topological polar surface area (TPSA) is 66.5 Å². The molecule has 27 heavy (non-hydrogen) atoms. The molecule has 2 rings (SSSR count). The lowest BCUT2D eigenvalue weighted by Crippen LogP contribution is -2.43. The van der Waals surface area contributed by atoms with Crippen molar-refractivity contribution in [2.24, 2.45) is 0 Å². The Morgan fingerprint density at radius 3 is 2.44 bits per heavy atom. The first-order valence-electron chi connectivity index (χ1n) is 8.89. The molecule has 0 heterocycles. The van der Waals surface area contributed by atoms with Gasteiger partial charge in [0.25, 0.3) is 10.0 Å². The van der Waals surface area contributed by atoms with Crippen molar-refractivity contribution in [3.63, 3.8) is 0 Å². The van der Waals surface area contributed by atoms with Crippen LogP contribution in [0.2, 0.25) is 5.02 Å². The third-order valence-electron chi connectivity index (χ3n) is 4.18. The summed E-state index contributed by atoms with van der Waals surface area (Å²) >= 11 is 6.01. The number of carbonyl (C=O) groups is 1. The monoisotopic (exact) mass is 408 g/mol. The lowest BCUT2D eigenvalue weighted by Gasteiger charge is -2.26. The van der Waals surface area contributed by atoms with E-state index < -0.39 is 10.0 Å². The molecule has 0 aliphatic heterocycles. The number of nitrogens with zero attached hydrogens (tertiary/aromatic N) is 1. The minimum atomic E-state index is -3.90. The number of amides is 1. The summed E-state index contributed by atoms with van der Waals surface area (Å²) in [5.74, 6) is -0.343. The summed E-state index contributed by atoms with van der Waals surface area (Å²) in [4.78, 5) is 12.7. The van der Waals surface area contributed by atoms with E-state index in [1.807, 2.05) is 13.8 Å². The van der Waals surface area contributed by atoms with Gasteiger partial charge in [-0.25, -0.2) is 8.42 Å². The van der Waals surface area contributed by atoms with Gasteiger partial charge in [0, 0.05) is 11.1 Å². The summed E-state index contributed by atoms with van der Waals surface area (Å²) in [6, 6.07) is 13.0. The molecule has 0 spiro atoms. The number of benzene rings is 2. The normalized spacial score (nSPS) is 12.4. The molecule has 5 nitrogen and oxygen atoms in total. The zero-order valence-corrected chi connectivity index (χ0v) is 17.3. The van der Waals surface area contributed by atoms with Gasteiger partial charge >= 0.3 is 0 Å². The lowest BCUT2D eigenvalue weighted by molar-refractivity contribution is -0.120. The predicted octanol–water partition coefficient (Wildman–Crippen LogP) is 4.15. The van der Waals surface area contributed by atoms with Crippen LogP contribution in [0.3, 0.4) is 0 Å². The second kappa shape index (κ2) is 9.24. The number of aryl methyl sites for hydroxylation is 1. The largest absolute Gasteiger partial charge is 0.352 e. The average molecular weight is 409 g/mol. The molecule has 0 aromatic heterocycles. The van der Waals surface area contributed by atoms with Crippen LogP contribution < -0.4 is 9.62 Å². The van der Waals surface area contributed by atoms with Crippen LogP contribution in [-0.2, 0) is 14.8 Å². The molecule has 0 bridgehead atoms. The first-order valence-corrected chi connectivity index (χ1v) is 10.7. The lowest BCUT2D eigenvalue weighted by atomic mass is 10.2. The highest BCUT2D eigenvalue weighted by Crippen LogP contribution is 2.28. The van der Waals surface area contributed by atoms with Crippen LogP contribution in [0.1, 0.15) is 32.3 Å². The Kier molecular flexibility index (Phi) is 7.27. The van der Waals surface area contributed by atoms with Crippen LogP contribution >= 0.6 is 11.6 Å². The predicted molar refractivity (Wildman–Crippen MR) is 110 cm³/mol. The van der Waals surface area contributed by atoms with Crippen LogP contribution in [-0.4, -0.2) is 26.9 Å². The number of carbonyl (C=O) groups excluding carboxylic acids is 1. The van der Waals surface area contributed by atoms with Gasteiger partial charge in [0.15, 0.2) is 0 Å². The van der Waals surface area contributed by atoms with Gasteiger partial charge in [-0.1, -0.05) is 43.1 Å². The molecule has 1 N–H and O–H groups in total. The average Bonchev–Trinajstić information content (AvgIpc) is 2.61. The van der Waals surface area contributed by atoms with Crippen LogP contribution in [0.15, 0.2) is 53.4 Å². The van der Waals surface area contributed by atoms with Crippen molar-refractivity contribution in [1.29, 1.82) is 0 Å². The van der Waals surface area contributed by atoms with E-state index in [9.17, 15) is 13.2 Å². The van der Waals surface area contributed by atoms with Crippen molar-refractivity contribution in [2.45, 2.75) is 44.6 Å². The Hall–Kier alpha value is -2.05. The van der Waals surface area contributed by atoms with Gasteiger partial charge in [-0.3, -0.25) is 9.10 Å². The smallest absolute Gasteiger partial charge is 0.264 e. The highest BCUT2D eigenvalue weighted by atomic mass is 35.5. The minimum Gasteiger partial charge on any atom is -0.352 e. The van der Waals surface area contributed by atoms with E-state index in [0.29, 0.717) is 16.3 Å². The SMILES string of the molecule is CCC[C@@H](C)NC(=O)CN(c1ccc(Cl)cc1C)S(=O)(=O)c1ccccc1. The Morgan fingerprint density at radius 2 is 1.85 bits per heavy atom. The molecular formula is C20H25ClN2O3S. The van der Waals surface area contributed by atoms with Crippen molar-refractivity contribution >= 4 is 33.2 Å². The molecule has 0 aliphatic carbocycles. The summed E-state index contributed by atoms with van der Waals surface area (Å²) < 4.78 is 27.6. The number of anilines is 1. The number of nitrogens with one attached hydrogen (secondary N) is 1. The van der Waals surface area contributed by atoms with Crippen molar-refractivity contribution in [3.8, 4) is 0 Å². The molecule has 7 heteroatoms. The fourth-order valence-corrected chi connectivity index (χ4v) is 4.61. The quantitative estimate of drug-likeness (QED) is 0.713. The molecule has 0 aliphatic rings. The molecule has 1 amide bonds. The molecular weight excluding hydrogens is 384 g/mol. The third-order valence-corrected chi connectivity index (χ3v) is 6.18. The molecule has 0 saturated heterocycles. The van der Waals surface area contributed by atoms with E-state index in [1.165, 1.54) is 12.1 Å². The maximum Gasteiger partial charge on any atom is 0.264 e. The van der Waals surface area contributed by atoms with E-state index >= 15 is 0 Å². The van der Waals surface area contributed by atoms with E-state index in [1.54, 1.807) is 43.3 Å². The number of halogens is 1. The zero-order chi connectivity index (χ0) is 20.0. The van der Waals surface area contributed by atoms with Gasteiger partial charge in [0.1, 0.15) is 6.54 Å². The fraction of sp³-hybridized carbons (Fsp3) is 0.350. The number of hydrogen-bond acceptors (Lipinski definition) is 3. The molecule has 2 aromatic carbocycles. The Bertz CT molecular complexity index is 885. The maximum atomic E-state index is 13.2. The summed E-state index contributed by atoms with van der Waals surface area (Å²) in [6.07, 6.45) is 1.76. The highest BCUT2D eigenvalue weighted by molar-refractivity contribution is 7.92. The van der Waals surface area contributed by atoms with Crippen molar-refractivity contribution in [1.82, 2.24) is 5.32 Å². The maximum absolute atomic E-state index is 13.2. The van der Waals surface area contributed by atoms with Crippen molar-refractivity contribution in [3.05, 3.63) is 59.1 Å². The molecule has 0 fully saturated rings. The molecule has 146 valence electrons. The first kappa shape index (κ1) is 21.3. The standard InChI is InChI=1S/C20H25ClN2O3S/c1-4-8-16(3)22-20(24)14-23(19-12-11-17(21)13-15(19)2)27(25,26)18-9-6-5-7-10-18/h5-7,9-13,16H,4,8,14H2,1-3H3,(H,22,24)/t16-/m1/s1. The second-order valence-electron chi connectivity index (χ2n) is 6.51. The zero-order valence-electron chi connectivity index (χ0n) is 15.8. The number of sulfonamides is 1. The summed E-state index contributed by atoms with van der Waals surface area (Å²) in [5.41, 5.74) is 1.11. The third kappa shape index (κ3) is 5.47. The van der Waals surface area contributed by atoms with Gasteiger partial charge < -0.3 is 5.32 Å². The first-order chi connectivity index (χ1) is 12.8. The van der Waals surface area contributed by atoms with Gasteiger partial charge in [-0.05, 0) is 56.2 Å². The van der Waals surface area contributed by atoms with E-state index in [0.717, 1.165) is 17.1 Å².